The largest absolute Gasteiger partial charge is 0.493 e. The average Bonchev–Trinajstić information content (AvgIpc) is 2.20. The van der Waals surface area contributed by atoms with Crippen molar-refractivity contribution in [3.8, 4) is 5.75 Å². The van der Waals surface area contributed by atoms with Crippen LogP contribution in [0.3, 0.4) is 0 Å². The Bertz CT molecular complexity index is 376. The van der Waals surface area contributed by atoms with Gasteiger partial charge in [0, 0.05) is 18.6 Å². The Hall–Kier alpha value is -1.91. The second kappa shape index (κ2) is 5.09. The summed E-state index contributed by atoms with van der Waals surface area (Å²) in [6.45, 7) is 2.02. The Morgan fingerprint density at radius 1 is 1.53 bits per heavy atom. The van der Waals surface area contributed by atoms with Gasteiger partial charge >= 0.3 is 0 Å². The molecule has 0 N–H and O–H groups in total. The Morgan fingerprint density at radius 3 is 2.80 bits per heavy atom. The van der Waals surface area contributed by atoms with Crippen molar-refractivity contribution in [1.82, 2.24) is 0 Å². The fraction of sp³-hybridized carbons (Fsp3) is 0.300. The van der Waals surface area contributed by atoms with Crippen LogP contribution in [0.1, 0.15) is 12.0 Å². The zero-order chi connectivity index (χ0) is 11.3. The summed E-state index contributed by atoms with van der Waals surface area (Å²) in [5, 5.41) is 10.4. The number of hydrogen-bond donors (Lipinski definition) is 0. The van der Waals surface area contributed by atoms with E-state index in [0.717, 1.165) is 6.29 Å². The molecule has 0 saturated heterocycles. The van der Waals surface area contributed by atoms with Crippen LogP contribution in [-0.4, -0.2) is 17.8 Å². The third-order valence-electron chi connectivity index (χ3n) is 1.86. The van der Waals surface area contributed by atoms with Crippen LogP contribution >= 0.6 is 0 Å². The Kier molecular flexibility index (Phi) is 3.79. The first-order valence-corrected chi connectivity index (χ1v) is 4.46. The number of non-ortho nitro benzene ring substituents is 1. The molecule has 0 unspecified atom stereocenters. The van der Waals surface area contributed by atoms with Crippen molar-refractivity contribution < 1.29 is 14.5 Å². The molecular weight excluding hydrogens is 198 g/mol. The van der Waals surface area contributed by atoms with Crippen LogP contribution in [0, 0.1) is 17.0 Å². The lowest BCUT2D eigenvalue weighted by molar-refractivity contribution is -0.384. The van der Waals surface area contributed by atoms with Crippen LogP contribution in [0.4, 0.5) is 5.69 Å². The van der Waals surface area contributed by atoms with Crippen LogP contribution in [0.25, 0.3) is 0 Å². The monoisotopic (exact) mass is 209 g/mol. The van der Waals surface area contributed by atoms with Gasteiger partial charge in [-0.1, -0.05) is 0 Å². The van der Waals surface area contributed by atoms with Gasteiger partial charge in [0.15, 0.2) is 0 Å². The molecule has 0 saturated carbocycles. The Labute approximate surface area is 86.8 Å². The summed E-state index contributed by atoms with van der Waals surface area (Å²) in [6.07, 6.45) is 1.08. The first-order valence-electron chi connectivity index (χ1n) is 4.46. The van der Waals surface area contributed by atoms with Gasteiger partial charge < -0.3 is 9.53 Å². The van der Waals surface area contributed by atoms with Crippen molar-refractivity contribution in [2.45, 2.75) is 13.3 Å². The van der Waals surface area contributed by atoms with Crippen LogP contribution in [0.15, 0.2) is 18.2 Å². The molecule has 0 aromatic heterocycles. The topological polar surface area (TPSA) is 69.4 Å². The normalized spacial score (nSPS) is 9.67. The molecule has 0 fully saturated rings. The van der Waals surface area contributed by atoms with Crippen molar-refractivity contribution in [2.24, 2.45) is 0 Å². The van der Waals surface area contributed by atoms with Gasteiger partial charge in [0.2, 0.25) is 0 Å². The summed E-state index contributed by atoms with van der Waals surface area (Å²) in [7, 11) is 0. The molecule has 1 rings (SSSR count). The number of nitro groups is 1. The minimum Gasteiger partial charge on any atom is -0.493 e. The number of carbonyl (C=O) groups excluding carboxylic acids is 1. The molecule has 1 aromatic carbocycles. The fourth-order valence-electron chi connectivity index (χ4n) is 1.13. The molecule has 0 bridgehead atoms. The van der Waals surface area contributed by atoms with Gasteiger partial charge in [0.1, 0.15) is 12.0 Å². The molecular formula is C10H11NO4. The molecule has 0 aliphatic carbocycles. The molecule has 5 heteroatoms. The van der Waals surface area contributed by atoms with Crippen molar-refractivity contribution in [3.05, 3.63) is 33.9 Å². The van der Waals surface area contributed by atoms with Crippen molar-refractivity contribution in [2.75, 3.05) is 6.61 Å². The summed E-state index contributed by atoms with van der Waals surface area (Å²) in [5.74, 6) is 0.572. The van der Waals surface area contributed by atoms with Gasteiger partial charge in [-0.25, -0.2) is 0 Å². The highest BCUT2D eigenvalue weighted by Crippen LogP contribution is 2.23. The minimum atomic E-state index is -0.456. The summed E-state index contributed by atoms with van der Waals surface area (Å²) >= 11 is 0. The molecule has 5 nitrogen and oxygen atoms in total. The summed E-state index contributed by atoms with van der Waals surface area (Å²) < 4.78 is 5.26. The summed E-state index contributed by atoms with van der Waals surface area (Å²) in [4.78, 5) is 20.0. The van der Waals surface area contributed by atoms with Gasteiger partial charge in [-0.05, 0) is 18.6 Å². The standard InChI is InChI=1S/C10H11NO4/c1-8-7-9(11(13)14)3-4-10(8)15-6-2-5-12/h3-5,7H,2,6H2,1H3. The molecule has 0 aliphatic heterocycles. The van der Waals surface area contributed by atoms with E-state index in [9.17, 15) is 14.9 Å². The summed E-state index contributed by atoms with van der Waals surface area (Å²) in [5.41, 5.74) is 0.727. The lowest BCUT2D eigenvalue weighted by atomic mass is 10.2. The Morgan fingerprint density at radius 2 is 2.27 bits per heavy atom. The van der Waals surface area contributed by atoms with E-state index in [0.29, 0.717) is 24.3 Å². The minimum absolute atomic E-state index is 0.0373. The van der Waals surface area contributed by atoms with Gasteiger partial charge in [-0.2, -0.15) is 0 Å². The lowest BCUT2D eigenvalue weighted by Crippen LogP contribution is -1.99. The maximum absolute atomic E-state index is 10.4. The van der Waals surface area contributed by atoms with Gasteiger partial charge in [-0.15, -0.1) is 0 Å². The highest BCUT2D eigenvalue weighted by molar-refractivity contribution is 5.49. The van der Waals surface area contributed by atoms with Crippen molar-refractivity contribution in [1.29, 1.82) is 0 Å². The quantitative estimate of drug-likeness (QED) is 0.321. The number of ether oxygens (including phenoxy) is 1. The van der Waals surface area contributed by atoms with E-state index in [1.165, 1.54) is 18.2 Å². The van der Waals surface area contributed by atoms with E-state index < -0.39 is 4.92 Å². The second-order valence-electron chi connectivity index (χ2n) is 3.01. The SMILES string of the molecule is Cc1cc([N+](=O)[O-])ccc1OCCC=O. The van der Waals surface area contributed by atoms with Gasteiger partial charge in [-0.3, -0.25) is 10.1 Å². The van der Waals surface area contributed by atoms with Crippen molar-refractivity contribution in [3.63, 3.8) is 0 Å². The average molecular weight is 209 g/mol. The first-order chi connectivity index (χ1) is 7.15. The number of hydrogen-bond acceptors (Lipinski definition) is 4. The molecule has 0 atom stereocenters. The molecule has 15 heavy (non-hydrogen) atoms. The number of rotatable bonds is 5. The number of aryl methyl sites for hydroxylation is 1. The predicted molar refractivity (Wildman–Crippen MR) is 54.0 cm³/mol. The maximum Gasteiger partial charge on any atom is 0.269 e. The predicted octanol–water partition coefficient (Wildman–Crippen LogP) is 1.87. The number of aldehydes is 1. The first kappa shape index (κ1) is 11.2. The highest BCUT2D eigenvalue weighted by Gasteiger charge is 2.08. The fourth-order valence-corrected chi connectivity index (χ4v) is 1.13. The lowest BCUT2D eigenvalue weighted by Gasteiger charge is -2.06. The van der Waals surface area contributed by atoms with Crippen LogP contribution in [0.5, 0.6) is 5.75 Å². The smallest absolute Gasteiger partial charge is 0.269 e. The zero-order valence-electron chi connectivity index (χ0n) is 8.30. The maximum atomic E-state index is 10.4. The van der Waals surface area contributed by atoms with E-state index >= 15 is 0 Å². The third-order valence-corrected chi connectivity index (χ3v) is 1.86. The van der Waals surface area contributed by atoms with E-state index in [4.69, 9.17) is 4.74 Å². The molecule has 0 amide bonds. The number of nitrogens with zero attached hydrogens (tertiary/aromatic N) is 1. The number of carbonyl (C=O) groups is 1. The second-order valence-corrected chi connectivity index (χ2v) is 3.01. The molecule has 0 spiro atoms. The van der Waals surface area contributed by atoms with E-state index in [2.05, 4.69) is 0 Å². The third kappa shape index (κ3) is 3.05. The van der Waals surface area contributed by atoms with Crippen LogP contribution in [-0.2, 0) is 4.79 Å². The molecule has 0 aliphatic rings. The molecule has 80 valence electrons. The zero-order valence-corrected chi connectivity index (χ0v) is 8.30. The molecule has 1 aromatic rings. The molecule has 0 heterocycles. The van der Waals surface area contributed by atoms with Crippen LogP contribution < -0.4 is 4.74 Å². The van der Waals surface area contributed by atoms with Crippen LogP contribution in [0.2, 0.25) is 0 Å². The molecule has 0 radical (unpaired) electrons. The number of nitro benzene ring substituents is 1. The van der Waals surface area contributed by atoms with E-state index in [1.807, 2.05) is 0 Å². The van der Waals surface area contributed by atoms with E-state index in [-0.39, 0.29) is 5.69 Å². The van der Waals surface area contributed by atoms with Gasteiger partial charge in [0.05, 0.1) is 11.5 Å². The summed E-state index contributed by atoms with van der Waals surface area (Å²) in [6, 6.07) is 4.36. The number of benzene rings is 1. The Balaban J connectivity index is 2.74. The van der Waals surface area contributed by atoms with E-state index in [1.54, 1.807) is 6.92 Å². The van der Waals surface area contributed by atoms with Crippen molar-refractivity contribution >= 4 is 12.0 Å². The van der Waals surface area contributed by atoms with Gasteiger partial charge in [0.25, 0.3) is 5.69 Å². The highest BCUT2D eigenvalue weighted by atomic mass is 16.6.